The summed E-state index contributed by atoms with van der Waals surface area (Å²) in [5, 5.41) is 16.2. The van der Waals surface area contributed by atoms with E-state index < -0.39 is 0 Å². The van der Waals surface area contributed by atoms with Crippen LogP contribution < -0.4 is 5.32 Å². The predicted molar refractivity (Wildman–Crippen MR) is 65.6 cm³/mol. The Labute approximate surface area is 102 Å². The molecule has 5 heteroatoms. The van der Waals surface area contributed by atoms with Gasteiger partial charge in [-0.05, 0) is 18.9 Å². The fraction of sp³-hybridized carbons (Fsp3) is 0.667. The summed E-state index contributed by atoms with van der Waals surface area (Å²) in [4.78, 5) is 11.9. The number of amides is 1. The zero-order chi connectivity index (χ0) is 12.9. The standard InChI is InChI=1S/C12H21N3O2/c1-4-12(5-2,9-16)8-13-11(17)10-6-7-14-15(10)3/h6-7,16H,4-5,8-9H2,1-3H3,(H,13,17). The zero-order valence-corrected chi connectivity index (χ0v) is 10.7. The predicted octanol–water partition coefficient (Wildman–Crippen LogP) is 0.949. The van der Waals surface area contributed by atoms with Crippen molar-refractivity contribution in [2.24, 2.45) is 12.5 Å². The molecule has 1 rings (SSSR count). The summed E-state index contributed by atoms with van der Waals surface area (Å²) in [5.41, 5.74) is 0.317. The first-order valence-corrected chi connectivity index (χ1v) is 5.95. The average Bonchev–Trinajstić information content (AvgIpc) is 2.78. The second-order valence-electron chi connectivity index (χ2n) is 4.39. The highest BCUT2D eigenvalue weighted by molar-refractivity contribution is 5.92. The van der Waals surface area contributed by atoms with Gasteiger partial charge in [0.05, 0.1) is 6.61 Å². The number of aryl methyl sites for hydroxylation is 1. The summed E-state index contributed by atoms with van der Waals surface area (Å²) < 4.78 is 1.54. The molecule has 5 nitrogen and oxygen atoms in total. The molecule has 0 aliphatic carbocycles. The van der Waals surface area contributed by atoms with Gasteiger partial charge in [-0.25, -0.2) is 0 Å². The van der Waals surface area contributed by atoms with Crippen molar-refractivity contribution in [1.29, 1.82) is 0 Å². The largest absolute Gasteiger partial charge is 0.396 e. The first-order chi connectivity index (χ1) is 8.08. The summed E-state index contributed by atoms with van der Waals surface area (Å²) in [7, 11) is 1.73. The number of aromatic nitrogens is 2. The van der Waals surface area contributed by atoms with Gasteiger partial charge in [0.15, 0.2) is 0 Å². The third-order valence-corrected chi connectivity index (χ3v) is 3.51. The lowest BCUT2D eigenvalue weighted by molar-refractivity contribution is 0.0843. The molecule has 1 aromatic heterocycles. The maximum Gasteiger partial charge on any atom is 0.269 e. The van der Waals surface area contributed by atoms with E-state index in [1.165, 1.54) is 4.68 Å². The van der Waals surface area contributed by atoms with E-state index in [1.807, 2.05) is 13.8 Å². The van der Waals surface area contributed by atoms with Crippen LogP contribution in [0.5, 0.6) is 0 Å². The van der Waals surface area contributed by atoms with Gasteiger partial charge in [-0.15, -0.1) is 0 Å². The van der Waals surface area contributed by atoms with E-state index in [0.717, 1.165) is 12.8 Å². The minimum Gasteiger partial charge on any atom is -0.396 e. The van der Waals surface area contributed by atoms with Gasteiger partial charge in [-0.3, -0.25) is 9.48 Å². The smallest absolute Gasteiger partial charge is 0.269 e. The number of aliphatic hydroxyl groups is 1. The summed E-state index contributed by atoms with van der Waals surface area (Å²) >= 11 is 0. The summed E-state index contributed by atoms with van der Waals surface area (Å²) in [5.74, 6) is -0.148. The Morgan fingerprint density at radius 1 is 1.53 bits per heavy atom. The molecule has 0 radical (unpaired) electrons. The van der Waals surface area contributed by atoms with E-state index in [-0.39, 0.29) is 17.9 Å². The molecule has 0 atom stereocenters. The number of hydrogen-bond acceptors (Lipinski definition) is 3. The Morgan fingerprint density at radius 3 is 2.59 bits per heavy atom. The van der Waals surface area contributed by atoms with Crippen LogP contribution in [0.2, 0.25) is 0 Å². The Kier molecular flexibility index (Phi) is 4.69. The highest BCUT2D eigenvalue weighted by Crippen LogP contribution is 2.24. The number of nitrogens with zero attached hydrogens (tertiary/aromatic N) is 2. The van der Waals surface area contributed by atoms with Crippen LogP contribution in [-0.4, -0.2) is 33.9 Å². The molecule has 1 amide bonds. The maximum atomic E-state index is 11.9. The van der Waals surface area contributed by atoms with Gasteiger partial charge in [0, 0.05) is 25.2 Å². The summed E-state index contributed by atoms with van der Waals surface area (Å²) in [6.07, 6.45) is 3.27. The molecule has 0 saturated heterocycles. The average molecular weight is 239 g/mol. The van der Waals surface area contributed by atoms with Crippen molar-refractivity contribution < 1.29 is 9.90 Å². The minimum absolute atomic E-state index is 0.0890. The highest BCUT2D eigenvalue weighted by Gasteiger charge is 2.26. The molecule has 1 heterocycles. The number of nitrogens with one attached hydrogen (secondary N) is 1. The van der Waals surface area contributed by atoms with Crippen molar-refractivity contribution in [2.45, 2.75) is 26.7 Å². The van der Waals surface area contributed by atoms with Gasteiger partial charge < -0.3 is 10.4 Å². The Bertz CT molecular complexity index is 361. The molecule has 0 bridgehead atoms. The number of aliphatic hydroxyl groups excluding tert-OH is 1. The third-order valence-electron chi connectivity index (χ3n) is 3.51. The van der Waals surface area contributed by atoms with Crippen molar-refractivity contribution in [3.63, 3.8) is 0 Å². The van der Waals surface area contributed by atoms with Crippen LogP contribution in [0, 0.1) is 5.41 Å². The second kappa shape index (κ2) is 5.82. The monoisotopic (exact) mass is 239 g/mol. The highest BCUT2D eigenvalue weighted by atomic mass is 16.3. The van der Waals surface area contributed by atoms with Crippen molar-refractivity contribution in [3.05, 3.63) is 18.0 Å². The first-order valence-electron chi connectivity index (χ1n) is 5.95. The molecule has 17 heavy (non-hydrogen) atoms. The van der Waals surface area contributed by atoms with E-state index in [0.29, 0.717) is 12.2 Å². The zero-order valence-electron chi connectivity index (χ0n) is 10.7. The third kappa shape index (κ3) is 3.06. The van der Waals surface area contributed by atoms with Crippen molar-refractivity contribution in [1.82, 2.24) is 15.1 Å². The molecule has 0 aliphatic heterocycles. The molecular weight excluding hydrogens is 218 g/mol. The number of rotatable bonds is 6. The normalized spacial score (nSPS) is 11.5. The molecule has 0 spiro atoms. The Morgan fingerprint density at radius 2 is 2.18 bits per heavy atom. The maximum absolute atomic E-state index is 11.9. The van der Waals surface area contributed by atoms with Gasteiger partial charge in [-0.1, -0.05) is 13.8 Å². The van der Waals surface area contributed by atoms with Crippen LogP contribution >= 0.6 is 0 Å². The van der Waals surface area contributed by atoms with Crippen molar-refractivity contribution in [2.75, 3.05) is 13.2 Å². The quantitative estimate of drug-likeness (QED) is 0.776. The summed E-state index contributed by atoms with van der Waals surface area (Å²) in [6.45, 7) is 4.62. The number of carbonyl (C=O) groups is 1. The molecule has 0 aliphatic rings. The fourth-order valence-electron chi connectivity index (χ4n) is 1.73. The van der Waals surface area contributed by atoms with Crippen LogP contribution in [-0.2, 0) is 7.05 Å². The van der Waals surface area contributed by atoms with E-state index >= 15 is 0 Å². The van der Waals surface area contributed by atoms with Crippen LogP contribution in [0.25, 0.3) is 0 Å². The van der Waals surface area contributed by atoms with Gasteiger partial charge in [-0.2, -0.15) is 5.10 Å². The summed E-state index contributed by atoms with van der Waals surface area (Å²) in [6, 6.07) is 1.67. The van der Waals surface area contributed by atoms with Gasteiger partial charge >= 0.3 is 0 Å². The van der Waals surface area contributed by atoms with Crippen LogP contribution in [0.1, 0.15) is 37.2 Å². The van der Waals surface area contributed by atoms with Gasteiger partial charge in [0.2, 0.25) is 0 Å². The lowest BCUT2D eigenvalue weighted by atomic mass is 9.83. The molecule has 2 N–H and O–H groups in total. The lowest BCUT2D eigenvalue weighted by Gasteiger charge is -2.29. The molecular formula is C12H21N3O2. The molecule has 0 saturated carbocycles. The molecule has 96 valence electrons. The first kappa shape index (κ1) is 13.7. The Balaban J connectivity index is 2.62. The molecule has 0 unspecified atom stereocenters. The van der Waals surface area contributed by atoms with E-state index in [2.05, 4.69) is 10.4 Å². The lowest BCUT2D eigenvalue weighted by Crippen LogP contribution is -2.39. The molecule has 1 aromatic rings. The van der Waals surface area contributed by atoms with Crippen LogP contribution in [0.4, 0.5) is 0 Å². The Hall–Kier alpha value is -1.36. The van der Waals surface area contributed by atoms with Crippen molar-refractivity contribution in [3.8, 4) is 0 Å². The second-order valence-corrected chi connectivity index (χ2v) is 4.39. The van der Waals surface area contributed by atoms with Gasteiger partial charge in [0.25, 0.3) is 5.91 Å². The van der Waals surface area contributed by atoms with Crippen molar-refractivity contribution >= 4 is 5.91 Å². The topological polar surface area (TPSA) is 67.2 Å². The molecule has 0 fully saturated rings. The van der Waals surface area contributed by atoms with E-state index in [9.17, 15) is 9.90 Å². The fourth-order valence-corrected chi connectivity index (χ4v) is 1.73. The van der Waals surface area contributed by atoms with Crippen LogP contribution in [0.15, 0.2) is 12.3 Å². The van der Waals surface area contributed by atoms with E-state index in [4.69, 9.17) is 0 Å². The molecule has 0 aromatic carbocycles. The number of hydrogen-bond donors (Lipinski definition) is 2. The SMILES string of the molecule is CCC(CC)(CO)CNC(=O)c1ccnn1C. The van der Waals surface area contributed by atoms with Crippen LogP contribution in [0.3, 0.4) is 0 Å². The number of carbonyl (C=O) groups excluding carboxylic acids is 1. The minimum atomic E-state index is -0.214. The van der Waals surface area contributed by atoms with E-state index in [1.54, 1.807) is 19.3 Å². The van der Waals surface area contributed by atoms with Gasteiger partial charge in [0.1, 0.15) is 5.69 Å².